The van der Waals surface area contributed by atoms with Crippen LogP contribution in [-0.4, -0.2) is 26.6 Å². The minimum atomic E-state index is 0.610. The molecule has 136 valence electrons. The highest BCUT2D eigenvalue weighted by Gasteiger charge is 2.18. The van der Waals surface area contributed by atoms with Gasteiger partial charge in [-0.15, -0.1) is 0 Å². The molecule has 4 rings (SSSR count). The van der Waals surface area contributed by atoms with Crippen molar-refractivity contribution in [3.8, 4) is 0 Å². The molecule has 6 nitrogen and oxygen atoms in total. The number of benzene rings is 2. The van der Waals surface area contributed by atoms with E-state index in [1.54, 1.807) is 6.33 Å². The molecule has 0 radical (unpaired) electrons. The smallest absolute Gasteiger partial charge is 0.254 e. The fraction of sp³-hybridized carbons (Fsp3) is 0.190. The Balaban J connectivity index is 1.80. The van der Waals surface area contributed by atoms with E-state index in [2.05, 4.69) is 57.3 Å². The number of hydrogen-bond acceptors (Lipinski definition) is 5. The fourth-order valence-electron chi connectivity index (χ4n) is 3.41. The van der Waals surface area contributed by atoms with Gasteiger partial charge in [0.1, 0.15) is 12.1 Å². The van der Waals surface area contributed by atoms with Gasteiger partial charge in [0.2, 0.25) is 0 Å². The van der Waals surface area contributed by atoms with Crippen LogP contribution >= 0.6 is 0 Å². The molecule has 2 heterocycles. The summed E-state index contributed by atoms with van der Waals surface area (Å²) in [4.78, 5) is 11.1. The van der Waals surface area contributed by atoms with Crippen LogP contribution in [0.2, 0.25) is 0 Å². The van der Waals surface area contributed by atoms with Crippen LogP contribution in [0.1, 0.15) is 22.4 Å². The average molecular weight is 358 g/mol. The number of nitrogens with zero attached hydrogens (tertiary/aromatic N) is 5. The minimum Gasteiger partial charge on any atom is -0.399 e. The second-order valence-corrected chi connectivity index (χ2v) is 6.73. The Kier molecular flexibility index (Phi) is 4.46. The number of rotatable bonds is 5. The Morgan fingerprint density at radius 3 is 2.59 bits per heavy atom. The molecule has 0 spiro atoms. The first-order valence-electron chi connectivity index (χ1n) is 8.90. The lowest BCUT2D eigenvalue weighted by molar-refractivity contribution is 0.810. The zero-order chi connectivity index (χ0) is 18.8. The van der Waals surface area contributed by atoms with Crippen LogP contribution < -0.4 is 10.6 Å². The Bertz CT molecular complexity index is 1070. The first-order valence-corrected chi connectivity index (χ1v) is 8.90. The van der Waals surface area contributed by atoms with Gasteiger partial charge in [-0.25, -0.2) is 4.98 Å². The highest BCUT2D eigenvalue weighted by Crippen LogP contribution is 2.27. The third kappa shape index (κ3) is 3.46. The van der Waals surface area contributed by atoms with Gasteiger partial charge in [-0.05, 0) is 30.2 Å². The fourth-order valence-corrected chi connectivity index (χ4v) is 3.41. The normalized spacial score (nSPS) is 11.0. The van der Waals surface area contributed by atoms with E-state index in [-0.39, 0.29) is 0 Å². The molecule has 4 aromatic rings. The highest BCUT2D eigenvalue weighted by molar-refractivity contribution is 5.56. The van der Waals surface area contributed by atoms with Crippen LogP contribution in [0.15, 0.2) is 60.9 Å². The number of aromatic nitrogens is 4. The van der Waals surface area contributed by atoms with Gasteiger partial charge in [0, 0.05) is 37.0 Å². The number of nitrogen functional groups attached to an aromatic ring is 1. The molecule has 0 amide bonds. The molecular weight excluding hydrogens is 336 g/mol. The van der Waals surface area contributed by atoms with Crippen molar-refractivity contribution in [3.63, 3.8) is 0 Å². The third-order valence-electron chi connectivity index (χ3n) is 4.66. The maximum Gasteiger partial charge on any atom is 0.254 e. The van der Waals surface area contributed by atoms with E-state index in [4.69, 9.17) is 5.73 Å². The molecule has 0 fully saturated rings. The number of anilines is 2. The lowest BCUT2D eigenvalue weighted by atomic mass is 10.0. The van der Waals surface area contributed by atoms with Crippen LogP contribution in [0.3, 0.4) is 0 Å². The molecule has 0 bridgehead atoms. The molecule has 0 aliphatic carbocycles. The molecule has 0 unspecified atom stereocenters. The Hall–Kier alpha value is -3.41. The second-order valence-electron chi connectivity index (χ2n) is 6.73. The predicted octanol–water partition coefficient (Wildman–Crippen LogP) is 3.24. The van der Waals surface area contributed by atoms with Gasteiger partial charge in [-0.3, -0.25) is 0 Å². The molecule has 2 aromatic heterocycles. The molecule has 6 heteroatoms. The van der Waals surface area contributed by atoms with E-state index in [9.17, 15) is 0 Å². The Morgan fingerprint density at radius 2 is 1.81 bits per heavy atom. The van der Waals surface area contributed by atoms with Crippen molar-refractivity contribution >= 4 is 17.3 Å². The monoisotopic (exact) mass is 358 g/mol. The van der Waals surface area contributed by atoms with Crippen molar-refractivity contribution in [2.75, 3.05) is 17.7 Å². The van der Waals surface area contributed by atoms with Gasteiger partial charge in [0.05, 0.1) is 0 Å². The van der Waals surface area contributed by atoms with Crippen LogP contribution in [0, 0.1) is 6.92 Å². The van der Waals surface area contributed by atoms with Crippen molar-refractivity contribution in [2.24, 2.45) is 0 Å². The molecule has 27 heavy (non-hydrogen) atoms. The third-order valence-corrected chi connectivity index (χ3v) is 4.66. The summed E-state index contributed by atoms with van der Waals surface area (Å²) in [6.45, 7) is 2.79. The maximum absolute atomic E-state index is 5.97. The molecule has 0 aliphatic rings. The van der Waals surface area contributed by atoms with E-state index in [1.165, 1.54) is 5.56 Å². The summed E-state index contributed by atoms with van der Waals surface area (Å²) in [6, 6.07) is 18.4. The standard InChI is InChI=1S/C21H22N6/c1-15-19(12-17-9-6-10-18(22)11-17)20(27-21(25-15)23-14-24-27)26(2)13-16-7-4-3-5-8-16/h3-11,14H,12-13,22H2,1-2H3. The number of fused-ring (bicyclic) bond motifs is 1. The van der Waals surface area contributed by atoms with Gasteiger partial charge >= 0.3 is 0 Å². The first kappa shape index (κ1) is 17.0. The zero-order valence-corrected chi connectivity index (χ0v) is 15.5. The van der Waals surface area contributed by atoms with Gasteiger partial charge in [-0.1, -0.05) is 42.5 Å². The van der Waals surface area contributed by atoms with E-state index >= 15 is 0 Å². The van der Waals surface area contributed by atoms with Crippen LogP contribution in [0.25, 0.3) is 5.78 Å². The Labute approximate surface area is 158 Å². The number of hydrogen-bond donors (Lipinski definition) is 1. The SMILES string of the molecule is Cc1nc2ncnn2c(N(C)Cc2ccccc2)c1Cc1cccc(N)c1. The summed E-state index contributed by atoms with van der Waals surface area (Å²) >= 11 is 0. The zero-order valence-electron chi connectivity index (χ0n) is 15.5. The summed E-state index contributed by atoms with van der Waals surface area (Å²) in [6.07, 6.45) is 2.28. The molecule has 2 aromatic carbocycles. The first-order chi connectivity index (χ1) is 13.1. The lowest BCUT2D eigenvalue weighted by Gasteiger charge is -2.24. The van der Waals surface area contributed by atoms with E-state index in [0.717, 1.165) is 41.3 Å². The minimum absolute atomic E-state index is 0.610. The lowest BCUT2D eigenvalue weighted by Crippen LogP contribution is -2.23. The molecule has 0 aliphatic heterocycles. The summed E-state index contributed by atoms with van der Waals surface area (Å²) in [5, 5.41) is 4.42. The number of aryl methyl sites for hydroxylation is 1. The van der Waals surface area contributed by atoms with Gasteiger partial charge < -0.3 is 10.6 Å². The second kappa shape index (κ2) is 7.07. The van der Waals surface area contributed by atoms with Crippen molar-refractivity contribution < 1.29 is 0 Å². The molecule has 0 saturated carbocycles. The summed E-state index contributed by atoms with van der Waals surface area (Å²) < 4.78 is 1.82. The summed E-state index contributed by atoms with van der Waals surface area (Å²) in [5.41, 5.74) is 11.2. The quantitative estimate of drug-likeness (QED) is 0.555. The van der Waals surface area contributed by atoms with Crippen molar-refractivity contribution in [3.05, 3.63) is 83.3 Å². The topological polar surface area (TPSA) is 72.3 Å². The highest BCUT2D eigenvalue weighted by atomic mass is 15.4. The summed E-state index contributed by atoms with van der Waals surface area (Å²) in [7, 11) is 2.08. The largest absolute Gasteiger partial charge is 0.399 e. The summed E-state index contributed by atoms with van der Waals surface area (Å²) in [5.74, 6) is 1.61. The number of nitrogens with two attached hydrogens (primary N) is 1. The van der Waals surface area contributed by atoms with Gasteiger partial charge in [0.15, 0.2) is 0 Å². The van der Waals surface area contributed by atoms with Crippen LogP contribution in [0.4, 0.5) is 11.5 Å². The van der Waals surface area contributed by atoms with Gasteiger partial charge in [-0.2, -0.15) is 14.6 Å². The average Bonchev–Trinajstić information content (AvgIpc) is 3.10. The van der Waals surface area contributed by atoms with E-state index < -0.39 is 0 Å². The van der Waals surface area contributed by atoms with Crippen LogP contribution in [-0.2, 0) is 13.0 Å². The molecule has 0 saturated heterocycles. The van der Waals surface area contributed by atoms with Crippen molar-refractivity contribution in [1.29, 1.82) is 0 Å². The van der Waals surface area contributed by atoms with Crippen LogP contribution in [0.5, 0.6) is 0 Å². The molecule has 0 atom stereocenters. The van der Waals surface area contributed by atoms with Crippen molar-refractivity contribution in [2.45, 2.75) is 19.9 Å². The maximum atomic E-state index is 5.97. The predicted molar refractivity (Wildman–Crippen MR) is 108 cm³/mol. The van der Waals surface area contributed by atoms with Crippen molar-refractivity contribution in [1.82, 2.24) is 19.6 Å². The molecular formula is C21H22N6. The Morgan fingerprint density at radius 1 is 1.04 bits per heavy atom. The van der Waals surface area contributed by atoms with E-state index in [1.807, 2.05) is 35.7 Å². The van der Waals surface area contributed by atoms with Gasteiger partial charge in [0.25, 0.3) is 5.78 Å². The molecule has 2 N–H and O–H groups in total. The van der Waals surface area contributed by atoms with E-state index in [0.29, 0.717) is 5.78 Å².